The van der Waals surface area contributed by atoms with Gasteiger partial charge in [0.1, 0.15) is 4.34 Å². The van der Waals surface area contributed by atoms with Crippen LogP contribution in [0.3, 0.4) is 0 Å². The van der Waals surface area contributed by atoms with E-state index < -0.39 is 0 Å². The quantitative estimate of drug-likeness (QED) is 0.741. The van der Waals surface area contributed by atoms with Crippen LogP contribution in [0.5, 0.6) is 0 Å². The lowest BCUT2D eigenvalue weighted by atomic mass is 9.92. The van der Waals surface area contributed by atoms with Crippen molar-refractivity contribution in [2.24, 2.45) is 5.41 Å². The van der Waals surface area contributed by atoms with E-state index in [2.05, 4.69) is 24.2 Å². The molecule has 1 aromatic rings. The van der Waals surface area contributed by atoms with Crippen LogP contribution in [-0.2, 0) is 0 Å². The minimum atomic E-state index is 0.510. The van der Waals surface area contributed by atoms with E-state index in [4.69, 9.17) is 0 Å². The molecule has 0 saturated heterocycles. The molecule has 0 spiro atoms. The van der Waals surface area contributed by atoms with Crippen LogP contribution in [0.15, 0.2) is 15.9 Å². The van der Waals surface area contributed by atoms with E-state index in [1.165, 1.54) is 23.6 Å². The fourth-order valence-electron chi connectivity index (χ4n) is 1.90. The normalized spacial score (nSPS) is 26.5. The van der Waals surface area contributed by atoms with Crippen LogP contribution in [0.1, 0.15) is 33.1 Å². The summed E-state index contributed by atoms with van der Waals surface area (Å²) in [4.78, 5) is 4.33. The summed E-state index contributed by atoms with van der Waals surface area (Å²) in [5.41, 5.74) is 0.510. The van der Waals surface area contributed by atoms with Gasteiger partial charge in [-0.2, -0.15) is 0 Å². The molecule has 1 fully saturated rings. The lowest BCUT2D eigenvalue weighted by Gasteiger charge is -2.25. The van der Waals surface area contributed by atoms with Gasteiger partial charge in [0.15, 0.2) is 0 Å². The Morgan fingerprint density at radius 1 is 1.62 bits per heavy atom. The molecule has 0 radical (unpaired) electrons. The van der Waals surface area contributed by atoms with Gasteiger partial charge in [0.2, 0.25) is 0 Å². The molecule has 0 aromatic carbocycles. The molecule has 0 amide bonds. The summed E-state index contributed by atoms with van der Waals surface area (Å²) in [6.45, 7) is 4.76. The highest BCUT2D eigenvalue weighted by atomic mass is 32.2. The molecule has 2 rings (SSSR count). The van der Waals surface area contributed by atoms with Gasteiger partial charge in [0.25, 0.3) is 0 Å². The van der Waals surface area contributed by atoms with Crippen molar-refractivity contribution in [2.75, 3.05) is 0 Å². The molecule has 1 aliphatic carbocycles. The average Bonchev–Trinajstić information content (AvgIpc) is 2.63. The lowest BCUT2D eigenvalue weighted by molar-refractivity contribution is 0.393. The van der Waals surface area contributed by atoms with Gasteiger partial charge in [-0.3, -0.25) is 0 Å². The van der Waals surface area contributed by atoms with Crippen molar-refractivity contribution in [3.05, 3.63) is 11.6 Å². The second kappa shape index (κ2) is 3.62. The Morgan fingerprint density at radius 3 is 3.00 bits per heavy atom. The standard InChI is InChI=1S/C10H15NS2/c1-10(2)5-3-4-8(10)13-9-11-6-7-12-9/h6-8H,3-5H2,1-2H3. The van der Waals surface area contributed by atoms with Crippen LogP contribution in [0, 0.1) is 5.41 Å². The van der Waals surface area contributed by atoms with Crippen molar-refractivity contribution in [1.29, 1.82) is 0 Å². The number of rotatable bonds is 2. The Labute approximate surface area is 88.0 Å². The Balaban J connectivity index is 2.02. The van der Waals surface area contributed by atoms with Crippen molar-refractivity contribution >= 4 is 23.1 Å². The van der Waals surface area contributed by atoms with Gasteiger partial charge in [-0.15, -0.1) is 11.3 Å². The molecular formula is C10H15NS2. The number of thioether (sulfide) groups is 1. The second-order valence-electron chi connectivity index (χ2n) is 4.29. The third kappa shape index (κ3) is 2.08. The third-order valence-corrected chi connectivity index (χ3v) is 5.42. The van der Waals surface area contributed by atoms with Crippen molar-refractivity contribution in [2.45, 2.75) is 42.7 Å². The molecule has 0 N–H and O–H groups in total. The van der Waals surface area contributed by atoms with E-state index in [0.717, 1.165) is 5.25 Å². The zero-order valence-corrected chi connectivity index (χ0v) is 9.75. The topological polar surface area (TPSA) is 12.9 Å². The lowest BCUT2D eigenvalue weighted by Crippen LogP contribution is -2.19. The van der Waals surface area contributed by atoms with Crippen LogP contribution < -0.4 is 0 Å². The summed E-state index contributed by atoms with van der Waals surface area (Å²) in [5, 5.41) is 2.84. The Kier molecular flexibility index (Phi) is 2.65. The van der Waals surface area contributed by atoms with Gasteiger partial charge in [0.05, 0.1) is 0 Å². The number of aromatic nitrogens is 1. The van der Waals surface area contributed by atoms with Crippen molar-refractivity contribution in [3.8, 4) is 0 Å². The molecular weight excluding hydrogens is 198 g/mol. The number of thiazole rings is 1. The Hall–Kier alpha value is -0.0200. The number of nitrogens with zero attached hydrogens (tertiary/aromatic N) is 1. The van der Waals surface area contributed by atoms with Crippen LogP contribution in [0.2, 0.25) is 0 Å². The van der Waals surface area contributed by atoms with Crippen molar-refractivity contribution in [1.82, 2.24) is 4.98 Å². The second-order valence-corrected chi connectivity index (χ2v) is 6.63. The van der Waals surface area contributed by atoms with Crippen LogP contribution >= 0.6 is 23.1 Å². The maximum atomic E-state index is 4.33. The van der Waals surface area contributed by atoms with Crippen LogP contribution in [0.4, 0.5) is 0 Å². The molecule has 13 heavy (non-hydrogen) atoms. The molecule has 1 aromatic heterocycles. The third-order valence-electron chi connectivity index (χ3n) is 2.81. The van der Waals surface area contributed by atoms with Crippen molar-refractivity contribution < 1.29 is 0 Å². The molecule has 3 heteroatoms. The summed E-state index contributed by atoms with van der Waals surface area (Å²) in [6, 6.07) is 0. The first-order chi connectivity index (χ1) is 6.18. The highest BCUT2D eigenvalue weighted by Crippen LogP contribution is 2.47. The zero-order chi connectivity index (χ0) is 9.31. The Bertz CT molecular complexity index is 266. The highest BCUT2D eigenvalue weighted by Gasteiger charge is 2.35. The molecule has 0 bridgehead atoms. The van der Waals surface area contributed by atoms with E-state index in [1.807, 2.05) is 18.0 Å². The maximum absolute atomic E-state index is 4.33. The Morgan fingerprint density at radius 2 is 2.46 bits per heavy atom. The fraction of sp³-hybridized carbons (Fsp3) is 0.700. The molecule has 1 nitrogen and oxygen atoms in total. The fourth-order valence-corrected chi connectivity index (χ4v) is 4.09. The summed E-state index contributed by atoms with van der Waals surface area (Å²) < 4.78 is 1.24. The number of hydrogen-bond acceptors (Lipinski definition) is 3. The van der Waals surface area contributed by atoms with Crippen molar-refractivity contribution in [3.63, 3.8) is 0 Å². The zero-order valence-electron chi connectivity index (χ0n) is 8.12. The molecule has 1 atom stereocenters. The average molecular weight is 213 g/mol. The van der Waals surface area contributed by atoms with E-state index in [9.17, 15) is 0 Å². The molecule has 1 aliphatic rings. The summed E-state index contributed by atoms with van der Waals surface area (Å²) in [7, 11) is 0. The first-order valence-corrected chi connectivity index (χ1v) is 6.50. The number of hydrogen-bond donors (Lipinski definition) is 0. The monoisotopic (exact) mass is 213 g/mol. The van der Waals surface area contributed by atoms with Crippen LogP contribution in [0.25, 0.3) is 0 Å². The van der Waals surface area contributed by atoms with E-state index >= 15 is 0 Å². The van der Waals surface area contributed by atoms with E-state index in [1.54, 1.807) is 11.3 Å². The summed E-state index contributed by atoms with van der Waals surface area (Å²) in [5.74, 6) is 0. The van der Waals surface area contributed by atoms with Gasteiger partial charge >= 0.3 is 0 Å². The van der Waals surface area contributed by atoms with Gasteiger partial charge in [-0.1, -0.05) is 32.0 Å². The molecule has 72 valence electrons. The van der Waals surface area contributed by atoms with Gasteiger partial charge in [-0.05, 0) is 18.3 Å². The predicted molar refractivity (Wildman–Crippen MR) is 59.4 cm³/mol. The van der Waals surface area contributed by atoms with Gasteiger partial charge < -0.3 is 0 Å². The van der Waals surface area contributed by atoms with E-state index in [0.29, 0.717) is 5.41 Å². The minimum Gasteiger partial charge on any atom is -0.238 e. The maximum Gasteiger partial charge on any atom is 0.150 e. The van der Waals surface area contributed by atoms with Gasteiger partial charge in [-0.25, -0.2) is 4.98 Å². The predicted octanol–water partition coefficient (Wildman–Crippen LogP) is 3.81. The first-order valence-electron chi connectivity index (χ1n) is 4.75. The first kappa shape index (κ1) is 9.53. The molecule has 0 aliphatic heterocycles. The summed E-state index contributed by atoms with van der Waals surface area (Å²) >= 11 is 3.73. The largest absolute Gasteiger partial charge is 0.238 e. The SMILES string of the molecule is CC1(C)CCCC1Sc1nccs1. The smallest absolute Gasteiger partial charge is 0.150 e. The highest BCUT2D eigenvalue weighted by molar-refractivity contribution is 8.01. The van der Waals surface area contributed by atoms with Gasteiger partial charge in [0, 0.05) is 16.8 Å². The minimum absolute atomic E-state index is 0.510. The summed E-state index contributed by atoms with van der Waals surface area (Å²) in [6.07, 6.45) is 6.01. The molecule has 1 unspecified atom stereocenters. The molecule has 1 heterocycles. The van der Waals surface area contributed by atoms with Crippen LogP contribution in [-0.4, -0.2) is 10.2 Å². The van der Waals surface area contributed by atoms with E-state index in [-0.39, 0.29) is 0 Å². The molecule has 1 saturated carbocycles.